The molecule has 6 nitrogen and oxygen atoms in total. The van der Waals surface area contributed by atoms with Gasteiger partial charge in [-0.1, -0.05) is 6.92 Å². The maximum absolute atomic E-state index is 4.51. The van der Waals surface area contributed by atoms with Crippen molar-refractivity contribution in [2.24, 2.45) is 0 Å². The van der Waals surface area contributed by atoms with Gasteiger partial charge in [0.2, 0.25) is 0 Å². The summed E-state index contributed by atoms with van der Waals surface area (Å²) in [5, 5.41) is 7.88. The molecule has 0 bridgehead atoms. The number of hydrogen-bond acceptors (Lipinski definition) is 4. The molecule has 3 rings (SSSR count). The Morgan fingerprint density at radius 1 is 1.20 bits per heavy atom. The van der Waals surface area contributed by atoms with Gasteiger partial charge in [0.15, 0.2) is 0 Å². The molecule has 1 N–H and O–H groups in total. The van der Waals surface area contributed by atoms with Gasteiger partial charge in [0.1, 0.15) is 5.82 Å². The van der Waals surface area contributed by atoms with Crippen molar-refractivity contribution in [3.8, 4) is 0 Å². The first-order valence-electron chi connectivity index (χ1n) is 6.86. The zero-order chi connectivity index (χ0) is 13.9. The largest absolute Gasteiger partial charge is 0.334 e. The van der Waals surface area contributed by atoms with Crippen molar-refractivity contribution >= 4 is 5.52 Å². The normalized spacial score (nSPS) is 12.9. The van der Waals surface area contributed by atoms with Crippen LogP contribution in [0.15, 0.2) is 37.2 Å². The first-order valence-corrected chi connectivity index (χ1v) is 6.86. The van der Waals surface area contributed by atoms with Crippen molar-refractivity contribution in [3.05, 3.63) is 48.6 Å². The fraction of sp³-hybridized carbons (Fsp3) is 0.357. The van der Waals surface area contributed by atoms with Crippen LogP contribution < -0.4 is 5.32 Å². The van der Waals surface area contributed by atoms with Crippen LogP contribution in [0.1, 0.15) is 31.3 Å². The van der Waals surface area contributed by atoms with Gasteiger partial charge >= 0.3 is 0 Å². The Labute approximate surface area is 117 Å². The molecule has 0 aliphatic carbocycles. The molecule has 0 aromatic carbocycles. The molecule has 0 aliphatic heterocycles. The summed E-state index contributed by atoms with van der Waals surface area (Å²) in [5.41, 5.74) is 2.10. The van der Waals surface area contributed by atoms with Gasteiger partial charge in [0, 0.05) is 36.9 Å². The second kappa shape index (κ2) is 5.42. The van der Waals surface area contributed by atoms with Gasteiger partial charge in [0.05, 0.1) is 24.0 Å². The van der Waals surface area contributed by atoms with Gasteiger partial charge in [-0.2, -0.15) is 5.10 Å². The fourth-order valence-electron chi connectivity index (χ4n) is 2.47. The summed E-state index contributed by atoms with van der Waals surface area (Å²) in [6.07, 6.45) is 11.2. The Balaban J connectivity index is 2.11. The van der Waals surface area contributed by atoms with E-state index in [-0.39, 0.29) is 6.04 Å². The zero-order valence-corrected chi connectivity index (χ0v) is 11.7. The Hall–Kier alpha value is -2.21. The van der Waals surface area contributed by atoms with Gasteiger partial charge in [-0.15, -0.1) is 0 Å². The molecule has 0 saturated heterocycles. The topological polar surface area (TPSA) is 60.0 Å². The summed E-state index contributed by atoms with van der Waals surface area (Å²) in [5.74, 6) is 1.01. The molecule has 3 heterocycles. The van der Waals surface area contributed by atoms with E-state index in [0.29, 0.717) is 0 Å². The molecule has 1 unspecified atom stereocenters. The number of nitrogens with one attached hydrogen (secondary N) is 1. The van der Waals surface area contributed by atoms with E-state index in [9.17, 15) is 0 Å². The Morgan fingerprint density at radius 3 is 2.90 bits per heavy atom. The Kier molecular flexibility index (Phi) is 3.47. The van der Waals surface area contributed by atoms with Crippen molar-refractivity contribution in [2.75, 3.05) is 6.54 Å². The number of nitrogens with zero attached hydrogens (tertiary/aromatic N) is 5. The van der Waals surface area contributed by atoms with Crippen LogP contribution in [0.4, 0.5) is 0 Å². The summed E-state index contributed by atoms with van der Waals surface area (Å²) < 4.78 is 3.99. The molecule has 0 radical (unpaired) electrons. The number of imidazole rings is 1. The summed E-state index contributed by atoms with van der Waals surface area (Å²) in [7, 11) is 0. The molecule has 0 fully saturated rings. The highest BCUT2D eigenvalue weighted by molar-refractivity contribution is 5.54. The maximum atomic E-state index is 4.51. The lowest BCUT2D eigenvalue weighted by atomic mass is 10.1. The summed E-state index contributed by atoms with van der Waals surface area (Å²) in [6, 6.07) is 0.0247. The van der Waals surface area contributed by atoms with Crippen LogP contribution in [0.5, 0.6) is 0 Å². The number of aryl methyl sites for hydroxylation is 1. The molecule has 0 amide bonds. The SMILES string of the molecule is CCNC(c1cnn2ccncc12)c1nccn1CC. The minimum absolute atomic E-state index is 0.0247. The van der Waals surface area contributed by atoms with Gasteiger partial charge in [-0.05, 0) is 13.5 Å². The third-order valence-electron chi connectivity index (χ3n) is 3.42. The minimum Gasteiger partial charge on any atom is -0.334 e. The predicted molar refractivity (Wildman–Crippen MR) is 76.4 cm³/mol. The lowest BCUT2D eigenvalue weighted by Gasteiger charge is -2.17. The van der Waals surface area contributed by atoms with Crippen molar-refractivity contribution < 1.29 is 0 Å². The monoisotopic (exact) mass is 270 g/mol. The highest BCUT2D eigenvalue weighted by Gasteiger charge is 2.21. The van der Waals surface area contributed by atoms with E-state index in [1.165, 1.54) is 0 Å². The van der Waals surface area contributed by atoms with Crippen LogP contribution in [0, 0.1) is 0 Å². The number of rotatable bonds is 5. The predicted octanol–water partition coefficient (Wildman–Crippen LogP) is 1.64. The first-order chi connectivity index (χ1) is 9.85. The van der Waals surface area contributed by atoms with E-state index in [1.54, 1.807) is 6.20 Å². The van der Waals surface area contributed by atoms with E-state index in [4.69, 9.17) is 0 Å². The van der Waals surface area contributed by atoms with Crippen LogP contribution in [0.25, 0.3) is 5.52 Å². The molecule has 0 saturated carbocycles. The molecular weight excluding hydrogens is 252 g/mol. The van der Waals surface area contributed by atoms with E-state index in [0.717, 1.165) is 30.0 Å². The number of aromatic nitrogens is 5. The summed E-state index contributed by atoms with van der Waals surface area (Å²) in [6.45, 7) is 5.97. The first kappa shape index (κ1) is 12.8. The number of fused-ring (bicyclic) bond motifs is 1. The highest BCUT2D eigenvalue weighted by atomic mass is 15.2. The highest BCUT2D eigenvalue weighted by Crippen LogP contribution is 2.24. The average Bonchev–Trinajstić information content (AvgIpc) is 3.11. The van der Waals surface area contributed by atoms with Crippen molar-refractivity contribution in [2.45, 2.75) is 26.4 Å². The zero-order valence-electron chi connectivity index (χ0n) is 11.7. The van der Waals surface area contributed by atoms with E-state index >= 15 is 0 Å². The van der Waals surface area contributed by atoms with E-state index in [1.807, 2.05) is 35.5 Å². The third kappa shape index (κ3) is 2.08. The average molecular weight is 270 g/mol. The molecule has 3 aromatic rings. The fourth-order valence-corrected chi connectivity index (χ4v) is 2.47. The lowest BCUT2D eigenvalue weighted by molar-refractivity contribution is 0.561. The van der Waals surface area contributed by atoms with Gasteiger partial charge in [0.25, 0.3) is 0 Å². The molecule has 1 atom stereocenters. The third-order valence-corrected chi connectivity index (χ3v) is 3.42. The van der Waals surface area contributed by atoms with Crippen molar-refractivity contribution in [3.63, 3.8) is 0 Å². The van der Waals surface area contributed by atoms with Crippen molar-refractivity contribution in [1.29, 1.82) is 0 Å². The number of hydrogen-bond donors (Lipinski definition) is 1. The molecular formula is C14H18N6. The molecule has 0 spiro atoms. The Morgan fingerprint density at radius 2 is 2.10 bits per heavy atom. The standard InChI is InChI=1S/C14H18N6/c1-3-16-13(14-17-6-7-19(14)4-2)11-9-18-20-8-5-15-10-12(11)20/h5-10,13,16H,3-4H2,1-2H3. The van der Waals surface area contributed by atoms with Crippen LogP contribution in [-0.4, -0.2) is 30.7 Å². The van der Waals surface area contributed by atoms with Crippen molar-refractivity contribution in [1.82, 2.24) is 29.5 Å². The van der Waals surface area contributed by atoms with Gasteiger partial charge < -0.3 is 9.88 Å². The lowest BCUT2D eigenvalue weighted by Crippen LogP contribution is -2.25. The van der Waals surface area contributed by atoms with Crippen LogP contribution in [-0.2, 0) is 6.54 Å². The van der Waals surface area contributed by atoms with Crippen LogP contribution in [0.3, 0.4) is 0 Å². The summed E-state index contributed by atoms with van der Waals surface area (Å²) in [4.78, 5) is 8.71. The quantitative estimate of drug-likeness (QED) is 0.765. The maximum Gasteiger partial charge on any atom is 0.130 e. The minimum atomic E-state index is 0.0247. The van der Waals surface area contributed by atoms with Crippen LogP contribution >= 0.6 is 0 Å². The van der Waals surface area contributed by atoms with Crippen LogP contribution in [0.2, 0.25) is 0 Å². The van der Waals surface area contributed by atoms with E-state index < -0.39 is 0 Å². The smallest absolute Gasteiger partial charge is 0.130 e. The molecule has 0 aliphatic rings. The second-order valence-electron chi connectivity index (χ2n) is 4.57. The van der Waals surface area contributed by atoms with E-state index in [2.05, 4.69) is 38.8 Å². The molecule has 20 heavy (non-hydrogen) atoms. The second-order valence-corrected chi connectivity index (χ2v) is 4.57. The van der Waals surface area contributed by atoms with Gasteiger partial charge in [-0.25, -0.2) is 9.50 Å². The molecule has 3 aromatic heterocycles. The summed E-state index contributed by atoms with van der Waals surface area (Å²) >= 11 is 0. The molecule has 6 heteroatoms. The Bertz CT molecular complexity index is 698. The molecule has 104 valence electrons. The van der Waals surface area contributed by atoms with Gasteiger partial charge in [-0.3, -0.25) is 4.98 Å².